The third kappa shape index (κ3) is 4.44. The molecule has 2 aliphatic rings. The molecular formula is C16H29FN2O. The zero-order valence-corrected chi connectivity index (χ0v) is 13.0. The van der Waals surface area contributed by atoms with E-state index in [-0.39, 0.29) is 11.8 Å². The van der Waals surface area contributed by atoms with Crippen molar-refractivity contribution in [1.82, 2.24) is 9.80 Å². The van der Waals surface area contributed by atoms with Gasteiger partial charge in [-0.3, -0.25) is 4.79 Å². The lowest BCUT2D eigenvalue weighted by Gasteiger charge is -2.30. The fraction of sp³-hybridized carbons (Fsp3) is 0.938. The summed E-state index contributed by atoms with van der Waals surface area (Å²) in [4.78, 5) is 16.5. The van der Waals surface area contributed by atoms with Gasteiger partial charge in [-0.2, -0.15) is 0 Å². The van der Waals surface area contributed by atoms with E-state index in [0.717, 1.165) is 64.8 Å². The Balaban J connectivity index is 1.76. The molecule has 2 rings (SSSR count). The molecule has 0 aromatic rings. The molecule has 0 aromatic carbocycles. The highest BCUT2D eigenvalue weighted by atomic mass is 19.1. The summed E-state index contributed by atoms with van der Waals surface area (Å²) < 4.78 is 13.2. The van der Waals surface area contributed by atoms with Crippen LogP contribution in [-0.4, -0.2) is 54.6 Å². The van der Waals surface area contributed by atoms with Gasteiger partial charge in [0.2, 0.25) is 5.91 Å². The molecule has 0 N–H and O–H groups in total. The molecule has 116 valence electrons. The number of hydrogen-bond donors (Lipinski definition) is 0. The summed E-state index contributed by atoms with van der Waals surface area (Å²) in [7, 11) is 0. The van der Waals surface area contributed by atoms with Gasteiger partial charge in [0, 0.05) is 32.1 Å². The highest BCUT2D eigenvalue weighted by Crippen LogP contribution is 2.27. The van der Waals surface area contributed by atoms with Gasteiger partial charge in [-0.25, -0.2) is 4.39 Å². The first-order valence-electron chi connectivity index (χ1n) is 8.21. The van der Waals surface area contributed by atoms with E-state index in [1.54, 1.807) is 0 Å². The molecule has 0 spiro atoms. The van der Waals surface area contributed by atoms with Crippen LogP contribution in [0, 0.1) is 11.8 Å². The first kappa shape index (κ1) is 15.7. The number of carbonyl (C=O) groups excluding carboxylic acids is 1. The Morgan fingerprint density at radius 1 is 1.10 bits per heavy atom. The molecule has 1 aliphatic heterocycles. The van der Waals surface area contributed by atoms with Crippen LogP contribution in [0.3, 0.4) is 0 Å². The molecule has 1 aliphatic carbocycles. The fourth-order valence-corrected chi connectivity index (χ4v) is 3.41. The molecule has 3 nitrogen and oxygen atoms in total. The van der Waals surface area contributed by atoms with E-state index >= 15 is 0 Å². The second kappa shape index (κ2) is 7.39. The van der Waals surface area contributed by atoms with Gasteiger partial charge < -0.3 is 9.80 Å². The zero-order chi connectivity index (χ0) is 14.5. The Bertz CT molecular complexity index is 314. The molecule has 1 saturated heterocycles. The van der Waals surface area contributed by atoms with E-state index < -0.39 is 6.17 Å². The maximum atomic E-state index is 13.2. The van der Waals surface area contributed by atoms with Gasteiger partial charge in [0.25, 0.3) is 0 Å². The van der Waals surface area contributed by atoms with Crippen LogP contribution < -0.4 is 0 Å². The molecule has 0 aromatic heterocycles. The van der Waals surface area contributed by atoms with Crippen LogP contribution in [0.15, 0.2) is 0 Å². The lowest BCUT2D eigenvalue weighted by molar-refractivity contribution is -0.134. The van der Waals surface area contributed by atoms with Crippen LogP contribution in [0.5, 0.6) is 0 Å². The van der Waals surface area contributed by atoms with Crippen molar-refractivity contribution in [3.05, 3.63) is 0 Å². The van der Waals surface area contributed by atoms with Gasteiger partial charge in [-0.15, -0.1) is 0 Å². The number of hydrogen-bond acceptors (Lipinski definition) is 2. The van der Waals surface area contributed by atoms with Gasteiger partial charge in [0.05, 0.1) is 0 Å². The van der Waals surface area contributed by atoms with Gasteiger partial charge >= 0.3 is 0 Å². The SMILES string of the molecule is CC(C)C(=O)N1CCCN(CC2CCC(F)CC2)CC1. The molecular weight excluding hydrogens is 255 g/mol. The Morgan fingerprint density at radius 2 is 1.80 bits per heavy atom. The normalized spacial score (nSPS) is 29.5. The van der Waals surface area contributed by atoms with Crippen molar-refractivity contribution in [3.63, 3.8) is 0 Å². The summed E-state index contributed by atoms with van der Waals surface area (Å²) in [6.07, 6.45) is 4.07. The van der Waals surface area contributed by atoms with E-state index in [2.05, 4.69) is 4.90 Å². The van der Waals surface area contributed by atoms with E-state index in [4.69, 9.17) is 0 Å². The summed E-state index contributed by atoms with van der Waals surface area (Å²) >= 11 is 0. The van der Waals surface area contributed by atoms with Crippen LogP contribution in [0.1, 0.15) is 46.0 Å². The summed E-state index contributed by atoms with van der Waals surface area (Å²) in [5.74, 6) is 1.04. The van der Waals surface area contributed by atoms with E-state index in [0.29, 0.717) is 5.92 Å². The van der Waals surface area contributed by atoms with E-state index in [9.17, 15) is 9.18 Å². The quantitative estimate of drug-likeness (QED) is 0.795. The molecule has 0 bridgehead atoms. The van der Waals surface area contributed by atoms with E-state index in [1.165, 1.54) is 0 Å². The predicted octanol–water partition coefficient (Wildman–Crippen LogP) is 2.71. The number of halogens is 1. The maximum Gasteiger partial charge on any atom is 0.225 e. The molecule has 0 atom stereocenters. The third-order valence-corrected chi connectivity index (χ3v) is 4.69. The summed E-state index contributed by atoms with van der Waals surface area (Å²) in [5, 5.41) is 0. The van der Waals surface area contributed by atoms with Crippen LogP contribution in [-0.2, 0) is 4.79 Å². The molecule has 1 saturated carbocycles. The molecule has 0 radical (unpaired) electrons. The second-order valence-electron chi connectivity index (χ2n) is 6.75. The smallest absolute Gasteiger partial charge is 0.225 e. The van der Waals surface area contributed by atoms with Crippen LogP contribution in [0.2, 0.25) is 0 Å². The molecule has 1 heterocycles. The molecule has 4 heteroatoms. The van der Waals surface area contributed by atoms with E-state index in [1.807, 2.05) is 18.7 Å². The van der Waals surface area contributed by atoms with Crippen molar-refractivity contribution in [2.45, 2.75) is 52.1 Å². The van der Waals surface area contributed by atoms with Gasteiger partial charge in [-0.1, -0.05) is 13.8 Å². The summed E-state index contributed by atoms with van der Waals surface area (Å²) in [5.41, 5.74) is 0. The topological polar surface area (TPSA) is 23.6 Å². The van der Waals surface area contributed by atoms with Crippen molar-refractivity contribution in [3.8, 4) is 0 Å². The number of alkyl halides is 1. The Labute approximate surface area is 122 Å². The summed E-state index contributed by atoms with van der Waals surface area (Å²) in [6.45, 7) is 8.85. The third-order valence-electron chi connectivity index (χ3n) is 4.69. The zero-order valence-electron chi connectivity index (χ0n) is 13.0. The van der Waals surface area contributed by atoms with Gasteiger partial charge in [-0.05, 0) is 44.6 Å². The molecule has 2 fully saturated rings. The van der Waals surface area contributed by atoms with Crippen molar-refractivity contribution in [2.24, 2.45) is 11.8 Å². The minimum absolute atomic E-state index is 0.0985. The minimum Gasteiger partial charge on any atom is -0.341 e. The molecule has 20 heavy (non-hydrogen) atoms. The highest BCUT2D eigenvalue weighted by Gasteiger charge is 2.25. The Kier molecular flexibility index (Phi) is 5.82. The first-order valence-corrected chi connectivity index (χ1v) is 8.21. The van der Waals surface area contributed by atoms with Crippen LogP contribution in [0.4, 0.5) is 4.39 Å². The average Bonchev–Trinajstić information content (AvgIpc) is 2.66. The number of carbonyl (C=O) groups is 1. The van der Waals surface area contributed by atoms with Gasteiger partial charge in [0.15, 0.2) is 0 Å². The summed E-state index contributed by atoms with van der Waals surface area (Å²) in [6, 6.07) is 0. The molecule has 0 unspecified atom stereocenters. The number of rotatable bonds is 3. The second-order valence-corrected chi connectivity index (χ2v) is 6.75. The number of nitrogens with zero attached hydrogens (tertiary/aromatic N) is 2. The fourth-order valence-electron chi connectivity index (χ4n) is 3.41. The number of amides is 1. The Morgan fingerprint density at radius 3 is 2.45 bits per heavy atom. The van der Waals surface area contributed by atoms with Crippen molar-refractivity contribution in [2.75, 3.05) is 32.7 Å². The Hall–Kier alpha value is -0.640. The lowest BCUT2D eigenvalue weighted by atomic mass is 9.88. The highest BCUT2D eigenvalue weighted by molar-refractivity contribution is 5.78. The van der Waals surface area contributed by atoms with Crippen molar-refractivity contribution in [1.29, 1.82) is 0 Å². The predicted molar refractivity (Wildman–Crippen MR) is 79.3 cm³/mol. The lowest BCUT2D eigenvalue weighted by Crippen LogP contribution is -2.38. The van der Waals surface area contributed by atoms with Crippen LogP contribution >= 0.6 is 0 Å². The van der Waals surface area contributed by atoms with Crippen LogP contribution in [0.25, 0.3) is 0 Å². The first-order chi connectivity index (χ1) is 9.56. The monoisotopic (exact) mass is 284 g/mol. The maximum absolute atomic E-state index is 13.2. The van der Waals surface area contributed by atoms with Crippen molar-refractivity contribution >= 4 is 5.91 Å². The standard InChI is InChI=1S/C16H29FN2O/c1-13(2)16(20)19-9-3-8-18(10-11-19)12-14-4-6-15(17)7-5-14/h13-15H,3-12H2,1-2H3. The largest absolute Gasteiger partial charge is 0.341 e. The van der Waals surface area contributed by atoms with Gasteiger partial charge in [0.1, 0.15) is 6.17 Å². The minimum atomic E-state index is -0.561. The average molecular weight is 284 g/mol. The van der Waals surface area contributed by atoms with Crippen molar-refractivity contribution < 1.29 is 9.18 Å². The molecule has 1 amide bonds.